The van der Waals surface area contributed by atoms with Crippen molar-refractivity contribution < 1.29 is 8.78 Å². The number of thiazole rings is 1. The molecule has 0 aliphatic carbocycles. The SMILES string of the molecule is Cc1sc(C2CCCNC2)nc1-c1ccc(F)cc1F. The van der Waals surface area contributed by atoms with E-state index >= 15 is 0 Å². The number of benzene rings is 1. The highest BCUT2D eigenvalue weighted by atomic mass is 32.1. The molecule has 0 radical (unpaired) electrons. The molecule has 2 heterocycles. The average Bonchev–Trinajstić information content (AvgIpc) is 2.82. The lowest BCUT2D eigenvalue weighted by atomic mass is 10.0. The van der Waals surface area contributed by atoms with Gasteiger partial charge in [0.15, 0.2) is 0 Å². The Hall–Kier alpha value is -1.33. The van der Waals surface area contributed by atoms with Crippen LogP contribution in [0.5, 0.6) is 0 Å². The fourth-order valence-corrected chi connectivity index (χ4v) is 3.66. The molecular weight excluding hydrogens is 278 g/mol. The summed E-state index contributed by atoms with van der Waals surface area (Å²) in [5.41, 5.74) is 1.03. The molecule has 1 N–H and O–H groups in total. The molecule has 1 saturated heterocycles. The molecule has 1 aliphatic heterocycles. The molecular formula is C15H16F2N2S. The van der Waals surface area contributed by atoms with Gasteiger partial charge in [0.25, 0.3) is 0 Å². The number of aromatic nitrogens is 1. The van der Waals surface area contributed by atoms with Crippen LogP contribution in [0.1, 0.15) is 28.6 Å². The molecule has 20 heavy (non-hydrogen) atoms. The van der Waals surface area contributed by atoms with Crippen LogP contribution in [0.2, 0.25) is 0 Å². The van der Waals surface area contributed by atoms with E-state index in [1.54, 1.807) is 11.3 Å². The molecule has 0 amide bonds. The Morgan fingerprint density at radius 1 is 1.35 bits per heavy atom. The first-order valence-electron chi connectivity index (χ1n) is 6.78. The fourth-order valence-electron chi connectivity index (χ4n) is 2.59. The normalized spacial score (nSPS) is 19.2. The topological polar surface area (TPSA) is 24.9 Å². The zero-order valence-corrected chi connectivity index (χ0v) is 12.1. The molecule has 1 unspecified atom stereocenters. The van der Waals surface area contributed by atoms with Crippen molar-refractivity contribution in [2.45, 2.75) is 25.7 Å². The Labute approximate surface area is 120 Å². The van der Waals surface area contributed by atoms with Crippen molar-refractivity contribution in [3.05, 3.63) is 39.7 Å². The molecule has 1 aromatic carbocycles. The van der Waals surface area contributed by atoms with Crippen molar-refractivity contribution in [2.24, 2.45) is 0 Å². The van der Waals surface area contributed by atoms with Gasteiger partial charge in [-0.2, -0.15) is 0 Å². The molecule has 3 rings (SSSR count). The monoisotopic (exact) mass is 294 g/mol. The van der Waals surface area contributed by atoms with Crippen molar-refractivity contribution >= 4 is 11.3 Å². The number of hydrogen-bond acceptors (Lipinski definition) is 3. The molecule has 0 bridgehead atoms. The maximum absolute atomic E-state index is 13.9. The second-order valence-corrected chi connectivity index (χ2v) is 6.36. The van der Waals surface area contributed by atoms with Crippen LogP contribution in [0, 0.1) is 18.6 Å². The van der Waals surface area contributed by atoms with Gasteiger partial charge in [-0.3, -0.25) is 0 Å². The second-order valence-electron chi connectivity index (χ2n) is 5.12. The van der Waals surface area contributed by atoms with Gasteiger partial charge in [-0.05, 0) is 38.4 Å². The lowest BCUT2D eigenvalue weighted by molar-refractivity contribution is 0.460. The third-order valence-corrected chi connectivity index (χ3v) is 4.78. The van der Waals surface area contributed by atoms with Gasteiger partial charge in [0, 0.05) is 29.0 Å². The van der Waals surface area contributed by atoms with Gasteiger partial charge >= 0.3 is 0 Å². The van der Waals surface area contributed by atoms with E-state index in [0.717, 1.165) is 41.9 Å². The summed E-state index contributed by atoms with van der Waals surface area (Å²) >= 11 is 1.62. The van der Waals surface area contributed by atoms with Crippen LogP contribution in [0.15, 0.2) is 18.2 Å². The van der Waals surface area contributed by atoms with E-state index in [2.05, 4.69) is 10.3 Å². The maximum atomic E-state index is 13.9. The Bertz CT molecular complexity index is 618. The lowest BCUT2D eigenvalue weighted by Crippen LogP contribution is -2.28. The van der Waals surface area contributed by atoms with E-state index < -0.39 is 11.6 Å². The summed E-state index contributed by atoms with van der Waals surface area (Å²) in [6.45, 7) is 3.92. The molecule has 2 nitrogen and oxygen atoms in total. The van der Waals surface area contributed by atoms with Gasteiger partial charge in [-0.25, -0.2) is 13.8 Å². The second kappa shape index (κ2) is 5.58. The van der Waals surface area contributed by atoms with Gasteiger partial charge in [0.2, 0.25) is 0 Å². The van der Waals surface area contributed by atoms with E-state index in [1.807, 2.05) is 6.92 Å². The summed E-state index contributed by atoms with van der Waals surface area (Å²) in [7, 11) is 0. The van der Waals surface area contributed by atoms with Crippen molar-refractivity contribution in [1.82, 2.24) is 10.3 Å². The summed E-state index contributed by atoms with van der Waals surface area (Å²) in [5, 5.41) is 4.41. The quantitative estimate of drug-likeness (QED) is 0.909. The minimum atomic E-state index is -0.559. The molecule has 5 heteroatoms. The standard InChI is InChI=1S/C15H16F2N2S/c1-9-14(12-5-4-11(16)7-13(12)17)19-15(20-9)10-3-2-6-18-8-10/h4-5,7,10,18H,2-3,6,8H2,1H3. The maximum Gasteiger partial charge on any atom is 0.135 e. The van der Waals surface area contributed by atoms with Crippen LogP contribution in [-0.4, -0.2) is 18.1 Å². The van der Waals surface area contributed by atoms with Crippen LogP contribution >= 0.6 is 11.3 Å². The average molecular weight is 294 g/mol. The molecule has 2 aromatic rings. The van der Waals surface area contributed by atoms with Crippen molar-refractivity contribution in [2.75, 3.05) is 13.1 Å². The number of nitrogens with one attached hydrogen (secondary N) is 1. The minimum absolute atomic E-state index is 0.384. The summed E-state index contributed by atoms with van der Waals surface area (Å²) in [5.74, 6) is -0.702. The number of rotatable bonds is 2. The minimum Gasteiger partial charge on any atom is -0.316 e. The number of aryl methyl sites for hydroxylation is 1. The highest BCUT2D eigenvalue weighted by molar-refractivity contribution is 7.12. The number of nitrogens with zero attached hydrogens (tertiary/aromatic N) is 1. The molecule has 106 valence electrons. The molecule has 1 fully saturated rings. The van der Waals surface area contributed by atoms with Gasteiger partial charge in [0.05, 0.1) is 10.7 Å². The van der Waals surface area contributed by atoms with Crippen molar-refractivity contribution in [3.8, 4) is 11.3 Å². The van der Waals surface area contributed by atoms with Gasteiger partial charge < -0.3 is 5.32 Å². The Kier molecular flexibility index (Phi) is 3.81. The first kappa shape index (κ1) is 13.6. The van der Waals surface area contributed by atoms with Crippen LogP contribution in [0.3, 0.4) is 0 Å². The number of piperidine rings is 1. The largest absolute Gasteiger partial charge is 0.316 e. The van der Waals surface area contributed by atoms with Crippen molar-refractivity contribution in [3.63, 3.8) is 0 Å². The summed E-state index contributed by atoms with van der Waals surface area (Å²) in [6.07, 6.45) is 2.26. The van der Waals surface area contributed by atoms with Gasteiger partial charge in [0.1, 0.15) is 11.6 Å². The summed E-state index contributed by atoms with van der Waals surface area (Å²) in [6, 6.07) is 3.66. The van der Waals surface area contributed by atoms with Gasteiger partial charge in [-0.1, -0.05) is 0 Å². The Balaban J connectivity index is 1.95. The molecule has 0 spiro atoms. The zero-order chi connectivity index (χ0) is 14.1. The number of halogens is 2. The van der Waals surface area contributed by atoms with Crippen LogP contribution in [-0.2, 0) is 0 Å². The smallest absolute Gasteiger partial charge is 0.135 e. The number of hydrogen-bond donors (Lipinski definition) is 1. The molecule has 0 saturated carbocycles. The molecule has 1 aliphatic rings. The molecule has 1 aromatic heterocycles. The Morgan fingerprint density at radius 3 is 2.90 bits per heavy atom. The Morgan fingerprint density at radius 2 is 2.20 bits per heavy atom. The first-order chi connectivity index (χ1) is 9.65. The van der Waals surface area contributed by atoms with E-state index in [0.29, 0.717) is 17.2 Å². The first-order valence-corrected chi connectivity index (χ1v) is 7.60. The zero-order valence-electron chi connectivity index (χ0n) is 11.2. The van der Waals surface area contributed by atoms with Crippen LogP contribution in [0.25, 0.3) is 11.3 Å². The van der Waals surface area contributed by atoms with E-state index in [9.17, 15) is 8.78 Å². The van der Waals surface area contributed by atoms with E-state index in [-0.39, 0.29) is 0 Å². The van der Waals surface area contributed by atoms with Gasteiger partial charge in [-0.15, -0.1) is 11.3 Å². The predicted molar refractivity (Wildman–Crippen MR) is 77.0 cm³/mol. The third-order valence-electron chi connectivity index (χ3n) is 3.65. The highest BCUT2D eigenvalue weighted by Gasteiger charge is 2.21. The van der Waals surface area contributed by atoms with E-state index in [1.165, 1.54) is 12.1 Å². The highest BCUT2D eigenvalue weighted by Crippen LogP contribution is 2.34. The van der Waals surface area contributed by atoms with Crippen molar-refractivity contribution in [1.29, 1.82) is 0 Å². The van der Waals surface area contributed by atoms with E-state index in [4.69, 9.17) is 0 Å². The fraction of sp³-hybridized carbons (Fsp3) is 0.400. The predicted octanol–water partition coefficient (Wildman–Crippen LogP) is 3.86. The summed E-state index contributed by atoms with van der Waals surface area (Å²) in [4.78, 5) is 5.59. The third kappa shape index (κ3) is 2.60. The summed E-state index contributed by atoms with van der Waals surface area (Å²) < 4.78 is 26.9. The molecule has 1 atom stereocenters. The lowest BCUT2D eigenvalue weighted by Gasteiger charge is -2.20. The van der Waals surface area contributed by atoms with Crippen LogP contribution < -0.4 is 5.32 Å². The van der Waals surface area contributed by atoms with Crippen LogP contribution in [0.4, 0.5) is 8.78 Å².